The van der Waals surface area contributed by atoms with Gasteiger partial charge in [0, 0.05) is 0 Å². The molecule has 0 atom stereocenters. The Bertz CT molecular complexity index is 288. The van der Waals surface area contributed by atoms with E-state index in [1.807, 2.05) is 30.3 Å². The van der Waals surface area contributed by atoms with Crippen LogP contribution in [0.1, 0.15) is 0 Å². The first-order chi connectivity index (χ1) is 6.30. The minimum atomic E-state index is -1.37. The molecule has 0 spiro atoms. The molecule has 0 saturated heterocycles. The van der Waals surface area contributed by atoms with Crippen molar-refractivity contribution in [2.45, 2.75) is 0 Å². The maximum absolute atomic E-state index is 11.6. The molecule has 74 valence electrons. The van der Waals surface area contributed by atoms with Crippen molar-refractivity contribution in [3.05, 3.63) is 66.2 Å². The van der Waals surface area contributed by atoms with Crippen molar-refractivity contribution in [1.29, 1.82) is 0 Å². The average Bonchev–Trinajstić information content (AvgIpc) is 2.82. The third-order valence-electron chi connectivity index (χ3n) is 1.45. The fraction of sp³-hybridized carbons (Fsp3) is 0. The van der Waals surface area contributed by atoms with Crippen LogP contribution in [0.3, 0.4) is 0 Å². The summed E-state index contributed by atoms with van der Waals surface area (Å²) >= 11 is 0. The van der Waals surface area contributed by atoms with Crippen molar-refractivity contribution in [3.63, 3.8) is 0 Å². The van der Waals surface area contributed by atoms with Gasteiger partial charge in [0.15, 0.2) is 0 Å². The molecular formula is C11H9FORu. The van der Waals surface area contributed by atoms with Gasteiger partial charge < -0.3 is 5.11 Å². The van der Waals surface area contributed by atoms with E-state index in [9.17, 15) is 9.50 Å². The average molecular weight is 277 g/mol. The Morgan fingerprint density at radius 2 is 1.64 bits per heavy atom. The maximum Gasteiger partial charge on any atom is 2.00 e. The second kappa shape index (κ2) is 7.34. The van der Waals surface area contributed by atoms with Crippen LogP contribution in [0.2, 0.25) is 0 Å². The normalized spacial score (nSPS) is 11.6. The third kappa shape index (κ3) is 4.83. The van der Waals surface area contributed by atoms with Gasteiger partial charge in [-0.3, -0.25) is 0 Å². The minimum absolute atomic E-state index is 0. The molecular weight excluding hydrogens is 268 g/mol. The zero-order valence-corrected chi connectivity index (χ0v) is 9.07. The van der Waals surface area contributed by atoms with E-state index in [1.54, 1.807) is 12.2 Å². The molecule has 0 aliphatic heterocycles. The molecule has 1 aliphatic rings. The van der Waals surface area contributed by atoms with E-state index in [1.165, 1.54) is 12.2 Å². The first-order valence-corrected chi connectivity index (χ1v) is 3.89. The van der Waals surface area contributed by atoms with E-state index >= 15 is 0 Å². The number of hydrogen-bond acceptors (Lipinski definition) is 1. The van der Waals surface area contributed by atoms with E-state index in [-0.39, 0.29) is 25.1 Å². The van der Waals surface area contributed by atoms with Gasteiger partial charge in [0.25, 0.3) is 0 Å². The van der Waals surface area contributed by atoms with Crippen LogP contribution in [0.4, 0.5) is 4.39 Å². The summed E-state index contributed by atoms with van der Waals surface area (Å²) in [5.41, 5.74) is 0.130. The predicted molar refractivity (Wildman–Crippen MR) is 48.4 cm³/mol. The van der Waals surface area contributed by atoms with Gasteiger partial charge in [0.1, 0.15) is 0 Å². The van der Waals surface area contributed by atoms with Crippen LogP contribution in [-0.2, 0) is 19.5 Å². The SMILES string of the molecule is [O-]C(F)=C1C=CC=C1.[Ru+2].c1cc[cH-]c1. The summed E-state index contributed by atoms with van der Waals surface area (Å²) in [6, 6.07) is 8.63. The molecule has 0 aromatic heterocycles. The van der Waals surface area contributed by atoms with Crippen molar-refractivity contribution in [3.8, 4) is 0 Å². The van der Waals surface area contributed by atoms with Crippen molar-refractivity contribution in [1.82, 2.24) is 0 Å². The van der Waals surface area contributed by atoms with Crippen LogP contribution in [0.5, 0.6) is 0 Å². The van der Waals surface area contributed by atoms with Crippen LogP contribution in [-0.4, -0.2) is 0 Å². The monoisotopic (exact) mass is 278 g/mol. The first kappa shape index (κ1) is 12.9. The molecule has 0 radical (unpaired) electrons. The van der Waals surface area contributed by atoms with Crippen molar-refractivity contribution >= 4 is 0 Å². The van der Waals surface area contributed by atoms with Gasteiger partial charge in [-0.25, -0.2) is 16.5 Å². The largest absolute Gasteiger partial charge is 2.00 e. The Morgan fingerprint density at radius 1 is 1.14 bits per heavy atom. The number of halogens is 1. The smallest absolute Gasteiger partial charge is 0.851 e. The number of hydrogen-bond donors (Lipinski definition) is 0. The molecule has 0 unspecified atom stereocenters. The minimum Gasteiger partial charge on any atom is -0.851 e. The summed E-state index contributed by atoms with van der Waals surface area (Å²) in [7, 11) is 0. The maximum atomic E-state index is 11.6. The molecule has 0 fully saturated rings. The Kier molecular flexibility index (Phi) is 6.77. The van der Waals surface area contributed by atoms with Crippen LogP contribution in [0.25, 0.3) is 0 Å². The molecule has 3 heteroatoms. The van der Waals surface area contributed by atoms with Gasteiger partial charge in [-0.15, -0.1) is 0 Å². The van der Waals surface area contributed by atoms with E-state index < -0.39 is 6.01 Å². The second-order valence-electron chi connectivity index (χ2n) is 2.41. The summed E-state index contributed by atoms with van der Waals surface area (Å²) in [6.45, 7) is 0. The zero-order valence-electron chi connectivity index (χ0n) is 7.34. The van der Waals surface area contributed by atoms with Crippen molar-refractivity contribution in [2.24, 2.45) is 0 Å². The van der Waals surface area contributed by atoms with Crippen molar-refractivity contribution in [2.75, 3.05) is 0 Å². The quantitative estimate of drug-likeness (QED) is 0.404. The van der Waals surface area contributed by atoms with Crippen LogP contribution in [0, 0.1) is 0 Å². The van der Waals surface area contributed by atoms with E-state index in [4.69, 9.17) is 0 Å². The van der Waals surface area contributed by atoms with Gasteiger partial charge in [-0.05, 0) is 5.57 Å². The van der Waals surface area contributed by atoms with Gasteiger partial charge in [0.05, 0.1) is 6.01 Å². The summed E-state index contributed by atoms with van der Waals surface area (Å²) < 4.78 is 11.6. The van der Waals surface area contributed by atoms with Crippen LogP contribution in [0.15, 0.2) is 66.2 Å². The summed E-state index contributed by atoms with van der Waals surface area (Å²) in [6.07, 6.45) is 6.10. The molecule has 0 N–H and O–H groups in total. The molecule has 0 heterocycles. The van der Waals surface area contributed by atoms with E-state index in [0.29, 0.717) is 0 Å². The second-order valence-corrected chi connectivity index (χ2v) is 2.41. The van der Waals surface area contributed by atoms with Crippen LogP contribution >= 0.6 is 0 Å². The molecule has 0 amide bonds. The van der Waals surface area contributed by atoms with Gasteiger partial charge >= 0.3 is 19.5 Å². The first-order valence-electron chi connectivity index (χ1n) is 3.89. The zero-order chi connectivity index (χ0) is 9.52. The molecule has 14 heavy (non-hydrogen) atoms. The number of allylic oxidation sites excluding steroid dienone is 5. The summed E-state index contributed by atoms with van der Waals surface area (Å²) in [5.74, 6) is 0. The fourth-order valence-corrected chi connectivity index (χ4v) is 0.826. The van der Waals surface area contributed by atoms with E-state index in [2.05, 4.69) is 0 Å². The van der Waals surface area contributed by atoms with Gasteiger partial charge in [-0.1, -0.05) is 24.3 Å². The fourth-order valence-electron chi connectivity index (χ4n) is 0.826. The predicted octanol–water partition coefficient (Wildman–Crippen LogP) is 2.06. The van der Waals surface area contributed by atoms with E-state index in [0.717, 1.165) is 0 Å². The molecule has 1 aromatic carbocycles. The standard InChI is InChI=1S/C6H5FO.C5H5.Ru/c7-6(8)5-3-1-2-4-5;1-2-4-5-3-1;/h1-4,8H;1-5H;/q;-1;+2/p-1. The molecule has 0 bridgehead atoms. The molecule has 1 aliphatic carbocycles. The summed E-state index contributed by atoms with van der Waals surface area (Å²) in [5, 5.41) is 9.84. The van der Waals surface area contributed by atoms with Gasteiger partial charge in [0.2, 0.25) is 0 Å². The topological polar surface area (TPSA) is 23.1 Å². The Morgan fingerprint density at radius 3 is 1.86 bits per heavy atom. The Hall–Kier alpha value is -1.08. The van der Waals surface area contributed by atoms with Crippen molar-refractivity contribution < 1.29 is 29.0 Å². The molecule has 0 saturated carbocycles. The molecule has 2 rings (SSSR count). The van der Waals surface area contributed by atoms with Crippen LogP contribution < -0.4 is 5.11 Å². The molecule has 1 nitrogen and oxygen atoms in total. The number of rotatable bonds is 0. The Balaban J connectivity index is 0.000000246. The summed E-state index contributed by atoms with van der Waals surface area (Å²) in [4.78, 5) is 0. The molecule has 1 aromatic rings. The third-order valence-corrected chi connectivity index (χ3v) is 1.45. The Labute approximate surface area is 95.4 Å². The van der Waals surface area contributed by atoms with Gasteiger partial charge in [-0.2, -0.15) is 18.2 Å².